The Bertz CT molecular complexity index is 491. The normalized spacial score (nSPS) is 28.8. The molecular formula is C17H21NO. The van der Waals surface area contributed by atoms with Gasteiger partial charge in [-0.1, -0.05) is 42.0 Å². The van der Waals surface area contributed by atoms with E-state index in [1.807, 2.05) is 30.3 Å². The number of rotatable bonds is 3. The average molecular weight is 255 g/mol. The fraction of sp³-hybridized carbons (Fsp3) is 0.471. The highest BCUT2D eigenvalue weighted by atomic mass is 16.1. The first-order chi connectivity index (χ1) is 9.29. The lowest BCUT2D eigenvalue weighted by atomic mass is 9.87. The Balaban J connectivity index is 1.76. The van der Waals surface area contributed by atoms with Gasteiger partial charge in [-0.15, -0.1) is 0 Å². The predicted octanol–water partition coefficient (Wildman–Crippen LogP) is 3.30. The van der Waals surface area contributed by atoms with E-state index in [9.17, 15) is 4.79 Å². The summed E-state index contributed by atoms with van der Waals surface area (Å²) in [5, 5.41) is 0. The summed E-state index contributed by atoms with van der Waals surface area (Å²) in [6.07, 6.45) is 5.44. The zero-order valence-electron chi connectivity index (χ0n) is 11.5. The van der Waals surface area contributed by atoms with E-state index in [1.54, 1.807) is 0 Å². The van der Waals surface area contributed by atoms with Crippen molar-refractivity contribution in [3.05, 3.63) is 47.5 Å². The number of hydrogen-bond acceptors (Lipinski definition) is 2. The summed E-state index contributed by atoms with van der Waals surface area (Å²) >= 11 is 0. The van der Waals surface area contributed by atoms with E-state index in [-0.39, 0.29) is 0 Å². The van der Waals surface area contributed by atoms with E-state index < -0.39 is 0 Å². The lowest BCUT2D eigenvalue weighted by Gasteiger charge is -2.19. The van der Waals surface area contributed by atoms with Crippen LogP contribution in [0, 0.1) is 5.92 Å². The highest BCUT2D eigenvalue weighted by molar-refractivity contribution is 5.96. The number of fused-ring (bicyclic) bond motifs is 1. The van der Waals surface area contributed by atoms with Crippen molar-refractivity contribution < 1.29 is 4.79 Å². The zero-order chi connectivity index (χ0) is 13.2. The van der Waals surface area contributed by atoms with Crippen molar-refractivity contribution in [1.82, 2.24) is 4.90 Å². The van der Waals surface area contributed by atoms with E-state index >= 15 is 0 Å². The third-order valence-electron chi connectivity index (χ3n) is 4.61. The topological polar surface area (TPSA) is 20.3 Å². The van der Waals surface area contributed by atoms with Gasteiger partial charge in [-0.05, 0) is 26.3 Å². The molecule has 2 heteroatoms. The smallest absolute Gasteiger partial charge is 0.163 e. The molecule has 0 spiro atoms. The standard InChI is InChI=1S/C17H21NO/c1-2-13-12-18-10-6-9-16(18)15(13)11-17(19)14-7-4-3-5-8-14/h2-5,7-8,15-16H,6,9-12H2,1H3/b13-2-/t15-,16+/m1/s1. The molecule has 2 heterocycles. The Labute approximate surface area is 115 Å². The van der Waals surface area contributed by atoms with E-state index in [0.29, 0.717) is 24.2 Å². The quantitative estimate of drug-likeness (QED) is 0.610. The number of ketones is 1. The molecule has 0 N–H and O–H groups in total. The van der Waals surface area contributed by atoms with Crippen LogP contribution in [0.25, 0.3) is 0 Å². The second-order valence-corrected chi connectivity index (χ2v) is 5.64. The third kappa shape index (κ3) is 2.37. The van der Waals surface area contributed by atoms with Gasteiger partial charge in [-0.3, -0.25) is 9.69 Å². The number of hydrogen-bond donors (Lipinski definition) is 0. The number of carbonyl (C=O) groups excluding carboxylic acids is 1. The minimum absolute atomic E-state index is 0.290. The van der Waals surface area contributed by atoms with Crippen molar-refractivity contribution >= 4 is 5.78 Å². The van der Waals surface area contributed by atoms with E-state index in [0.717, 1.165) is 12.1 Å². The third-order valence-corrected chi connectivity index (χ3v) is 4.61. The number of allylic oxidation sites excluding steroid dienone is 1. The van der Waals surface area contributed by atoms with Crippen molar-refractivity contribution in [2.24, 2.45) is 5.92 Å². The molecule has 1 aromatic rings. The zero-order valence-corrected chi connectivity index (χ0v) is 11.5. The minimum atomic E-state index is 0.290. The lowest BCUT2D eigenvalue weighted by molar-refractivity contribution is 0.0958. The summed E-state index contributed by atoms with van der Waals surface area (Å²) in [6.45, 7) is 4.39. The van der Waals surface area contributed by atoms with Crippen LogP contribution in [0.5, 0.6) is 0 Å². The van der Waals surface area contributed by atoms with Gasteiger partial charge in [0.1, 0.15) is 0 Å². The van der Waals surface area contributed by atoms with E-state index in [2.05, 4.69) is 17.9 Å². The van der Waals surface area contributed by atoms with Gasteiger partial charge in [0, 0.05) is 30.5 Å². The van der Waals surface area contributed by atoms with Crippen molar-refractivity contribution in [2.75, 3.05) is 13.1 Å². The molecule has 0 unspecified atom stereocenters. The van der Waals surface area contributed by atoms with Crippen molar-refractivity contribution in [3.63, 3.8) is 0 Å². The highest BCUT2D eigenvalue weighted by Crippen LogP contribution is 2.38. The van der Waals surface area contributed by atoms with Crippen LogP contribution in [0.2, 0.25) is 0 Å². The number of carbonyl (C=O) groups is 1. The maximum atomic E-state index is 12.4. The van der Waals surface area contributed by atoms with Crippen LogP contribution in [0.4, 0.5) is 0 Å². The van der Waals surface area contributed by atoms with E-state index in [1.165, 1.54) is 25.0 Å². The molecule has 2 aliphatic heterocycles. The first kappa shape index (κ1) is 12.6. The predicted molar refractivity (Wildman–Crippen MR) is 77.2 cm³/mol. The van der Waals surface area contributed by atoms with Crippen molar-refractivity contribution in [3.8, 4) is 0 Å². The molecule has 0 radical (unpaired) electrons. The van der Waals surface area contributed by atoms with Gasteiger partial charge in [0.15, 0.2) is 5.78 Å². The summed E-state index contributed by atoms with van der Waals surface area (Å²) in [6, 6.07) is 10.3. The Hall–Kier alpha value is -1.41. The van der Waals surface area contributed by atoms with Crippen LogP contribution in [0.3, 0.4) is 0 Å². The Morgan fingerprint density at radius 2 is 2.16 bits per heavy atom. The van der Waals surface area contributed by atoms with Gasteiger partial charge >= 0.3 is 0 Å². The molecule has 0 aliphatic carbocycles. The van der Waals surface area contributed by atoms with Crippen LogP contribution >= 0.6 is 0 Å². The highest BCUT2D eigenvalue weighted by Gasteiger charge is 2.40. The minimum Gasteiger partial charge on any atom is -0.296 e. The van der Waals surface area contributed by atoms with Crippen molar-refractivity contribution in [1.29, 1.82) is 0 Å². The lowest BCUT2D eigenvalue weighted by Crippen LogP contribution is -2.27. The largest absolute Gasteiger partial charge is 0.296 e. The van der Waals surface area contributed by atoms with Crippen LogP contribution < -0.4 is 0 Å². The fourth-order valence-corrected chi connectivity index (χ4v) is 3.62. The SMILES string of the molecule is C/C=C1/CN2CCC[C@H]2[C@@H]1CC(=O)c1ccccc1. The molecule has 0 saturated carbocycles. The van der Waals surface area contributed by atoms with Crippen LogP contribution in [0.1, 0.15) is 36.5 Å². The molecule has 2 nitrogen and oxygen atoms in total. The van der Waals surface area contributed by atoms with E-state index in [4.69, 9.17) is 0 Å². The molecule has 19 heavy (non-hydrogen) atoms. The van der Waals surface area contributed by atoms with Gasteiger partial charge in [0.05, 0.1) is 0 Å². The maximum Gasteiger partial charge on any atom is 0.163 e. The molecule has 0 aromatic heterocycles. The van der Waals surface area contributed by atoms with Gasteiger partial charge in [-0.25, -0.2) is 0 Å². The van der Waals surface area contributed by atoms with Crippen LogP contribution in [-0.4, -0.2) is 29.8 Å². The van der Waals surface area contributed by atoms with Crippen LogP contribution in [0.15, 0.2) is 42.0 Å². The summed E-state index contributed by atoms with van der Waals surface area (Å²) in [5.41, 5.74) is 2.32. The number of Topliss-reactive ketones (excluding diaryl/α,β-unsaturated/α-hetero) is 1. The van der Waals surface area contributed by atoms with Gasteiger partial charge < -0.3 is 0 Å². The Morgan fingerprint density at radius 1 is 1.37 bits per heavy atom. The molecule has 1 aromatic carbocycles. The average Bonchev–Trinajstić information content (AvgIpc) is 3.02. The molecular weight excluding hydrogens is 234 g/mol. The monoisotopic (exact) mass is 255 g/mol. The molecule has 2 aliphatic rings. The number of benzene rings is 1. The number of nitrogens with zero attached hydrogens (tertiary/aromatic N) is 1. The summed E-state index contributed by atoms with van der Waals surface area (Å²) in [5.74, 6) is 0.735. The molecule has 2 fully saturated rings. The first-order valence-electron chi connectivity index (χ1n) is 7.27. The molecule has 3 rings (SSSR count). The van der Waals surface area contributed by atoms with Gasteiger partial charge in [-0.2, -0.15) is 0 Å². The van der Waals surface area contributed by atoms with Crippen LogP contribution in [-0.2, 0) is 0 Å². The Morgan fingerprint density at radius 3 is 2.89 bits per heavy atom. The fourth-order valence-electron chi connectivity index (χ4n) is 3.62. The maximum absolute atomic E-state index is 12.4. The molecule has 2 saturated heterocycles. The second kappa shape index (κ2) is 5.30. The molecule has 0 bridgehead atoms. The molecule has 100 valence electrons. The summed E-state index contributed by atoms with van der Waals surface area (Å²) < 4.78 is 0. The van der Waals surface area contributed by atoms with Gasteiger partial charge in [0.25, 0.3) is 0 Å². The second-order valence-electron chi connectivity index (χ2n) is 5.64. The summed E-state index contributed by atoms with van der Waals surface area (Å²) in [7, 11) is 0. The molecule has 0 amide bonds. The molecule has 2 atom stereocenters. The first-order valence-corrected chi connectivity index (χ1v) is 7.27. The van der Waals surface area contributed by atoms with Gasteiger partial charge in [0.2, 0.25) is 0 Å². The summed E-state index contributed by atoms with van der Waals surface area (Å²) in [4.78, 5) is 15.0. The van der Waals surface area contributed by atoms with Crippen molar-refractivity contribution in [2.45, 2.75) is 32.2 Å². The Kier molecular flexibility index (Phi) is 3.52.